The minimum absolute atomic E-state index is 0.407. The molecular formula is C16H25N3O2Si. The molecule has 120 valence electrons. The Bertz CT molecular complexity index is 578. The second-order valence-corrected chi connectivity index (χ2v) is 12.5. The molecule has 0 radical (unpaired) electrons. The molecule has 22 heavy (non-hydrogen) atoms. The second kappa shape index (κ2) is 6.62. The molecule has 1 aromatic carbocycles. The third kappa shape index (κ3) is 4.41. The zero-order valence-corrected chi connectivity index (χ0v) is 14.8. The molecule has 0 spiro atoms. The minimum Gasteiger partial charge on any atom is -0.497 e. The Hall–Kier alpha value is -1.66. The number of nitrogens with zero attached hydrogens (tertiary/aromatic N) is 3. The highest BCUT2D eigenvalue weighted by Crippen LogP contribution is 2.32. The maximum absolute atomic E-state index is 11.3. The van der Waals surface area contributed by atoms with Crippen molar-refractivity contribution in [2.24, 2.45) is 0 Å². The van der Waals surface area contributed by atoms with Crippen LogP contribution in [0.15, 0.2) is 36.9 Å². The summed E-state index contributed by atoms with van der Waals surface area (Å²) in [6, 6.07) is 8.68. The summed E-state index contributed by atoms with van der Waals surface area (Å²) in [6.07, 6.45) is 3.85. The van der Waals surface area contributed by atoms with Crippen LogP contribution < -0.4 is 4.74 Å². The second-order valence-electron chi connectivity index (χ2n) is 6.91. The van der Waals surface area contributed by atoms with Crippen molar-refractivity contribution in [1.29, 1.82) is 0 Å². The van der Waals surface area contributed by atoms with Crippen LogP contribution in [0.4, 0.5) is 0 Å². The summed E-state index contributed by atoms with van der Waals surface area (Å²) in [5, 5.41) is 15.4. The van der Waals surface area contributed by atoms with E-state index in [1.54, 1.807) is 18.1 Å². The zero-order chi connectivity index (χ0) is 16.2. The summed E-state index contributed by atoms with van der Waals surface area (Å²) in [6.45, 7) is 7.36. The molecular weight excluding hydrogens is 294 g/mol. The molecule has 0 bridgehead atoms. The van der Waals surface area contributed by atoms with E-state index in [1.807, 2.05) is 24.3 Å². The Morgan fingerprint density at radius 3 is 2.41 bits per heavy atom. The SMILES string of the molecule is COc1ccc(C(O)(CC[Si](C)(C)C)Cn2cncn2)cc1. The van der Waals surface area contributed by atoms with Crippen LogP contribution in [-0.4, -0.2) is 35.1 Å². The Morgan fingerprint density at radius 2 is 1.91 bits per heavy atom. The van der Waals surface area contributed by atoms with Crippen molar-refractivity contribution >= 4 is 8.07 Å². The van der Waals surface area contributed by atoms with E-state index < -0.39 is 13.7 Å². The lowest BCUT2D eigenvalue weighted by atomic mass is 9.91. The van der Waals surface area contributed by atoms with Crippen molar-refractivity contribution in [2.75, 3.05) is 7.11 Å². The van der Waals surface area contributed by atoms with Gasteiger partial charge in [-0.15, -0.1) is 0 Å². The Kier molecular flexibility index (Phi) is 5.03. The van der Waals surface area contributed by atoms with Gasteiger partial charge in [0.2, 0.25) is 0 Å². The van der Waals surface area contributed by atoms with Crippen molar-refractivity contribution in [2.45, 2.75) is 44.3 Å². The van der Waals surface area contributed by atoms with Crippen molar-refractivity contribution in [1.82, 2.24) is 14.8 Å². The van der Waals surface area contributed by atoms with Gasteiger partial charge in [0.25, 0.3) is 0 Å². The van der Waals surface area contributed by atoms with Gasteiger partial charge in [-0.3, -0.25) is 0 Å². The van der Waals surface area contributed by atoms with Gasteiger partial charge in [-0.2, -0.15) is 5.10 Å². The van der Waals surface area contributed by atoms with Gasteiger partial charge in [-0.25, -0.2) is 9.67 Å². The summed E-state index contributed by atoms with van der Waals surface area (Å²) in [4.78, 5) is 3.97. The van der Waals surface area contributed by atoms with Gasteiger partial charge in [0.1, 0.15) is 24.0 Å². The third-order valence-corrected chi connectivity index (χ3v) is 5.56. The number of benzene rings is 1. The molecule has 0 saturated carbocycles. The number of aliphatic hydroxyl groups is 1. The molecule has 2 aromatic rings. The Labute approximate surface area is 133 Å². The zero-order valence-electron chi connectivity index (χ0n) is 13.8. The van der Waals surface area contributed by atoms with Crippen molar-refractivity contribution in [3.63, 3.8) is 0 Å². The quantitative estimate of drug-likeness (QED) is 0.797. The van der Waals surface area contributed by atoms with Gasteiger partial charge in [-0.1, -0.05) is 37.8 Å². The fourth-order valence-corrected chi connectivity index (χ4v) is 3.54. The van der Waals surface area contributed by atoms with E-state index in [0.717, 1.165) is 23.8 Å². The fourth-order valence-electron chi connectivity index (χ4n) is 2.38. The maximum atomic E-state index is 11.3. The summed E-state index contributed by atoms with van der Waals surface area (Å²) in [5.41, 5.74) is -0.0534. The standard InChI is InChI=1S/C16H25N3O2Si/c1-21-15-7-5-14(6-8-15)16(20,9-10-22(2,3)4)11-19-13-17-12-18-19/h5-8,12-13,20H,9-11H2,1-4H3. The molecule has 0 saturated heterocycles. The van der Waals surface area contributed by atoms with E-state index in [0.29, 0.717) is 6.54 Å². The van der Waals surface area contributed by atoms with Crippen LogP contribution in [-0.2, 0) is 12.1 Å². The smallest absolute Gasteiger partial charge is 0.137 e. The van der Waals surface area contributed by atoms with Crippen LogP contribution in [0.2, 0.25) is 25.7 Å². The van der Waals surface area contributed by atoms with E-state index in [-0.39, 0.29) is 0 Å². The topological polar surface area (TPSA) is 60.2 Å². The molecule has 1 aromatic heterocycles. The molecule has 5 nitrogen and oxygen atoms in total. The van der Waals surface area contributed by atoms with Gasteiger partial charge >= 0.3 is 0 Å². The normalized spacial score (nSPS) is 14.6. The van der Waals surface area contributed by atoms with E-state index in [9.17, 15) is 5.11 Å². The van der Waals surface area contributed by atoms with Gasteiger partial charge < -0.3 is 9.84 Å². The molecule has 0 aliphatic heterocycles. The first-order valence-electron chi connectivity index (χ1n) is 7.52. The first-order valence-corrected chi connectivity index (χ1v) is 11.2. The molecule has 1 heterocycles. The molecule has 6 heteroatoms. The first-order chi connectivity index (χ1) is 10.3. The lowest BCUT2D eigenvalue weighted by Gasteiger charge is -2.31. The highest BCUT2D eigenvalue weighted by Gasteiger charge is 2.32. The Balaban J connectivity index is 2.26. The van der Waals surface area contributed by atoms with E-state index >= 15 is 0 Å². The highest BCUT2D eigenvalue weighted by atomic mass is 28.3. The van der Waals surface area contributed by atoms with Crippen LogP contribution in [0.3, 0.4) is 0 Å². The molecule has 0 aliphatic rings. The van der Waals surface area contributed by atoms with E-state index in [4.69, 9.17) is 4.74 Å². The summed E-state index contributed by atoms with van der Waals surface area (Å²) < 4.78 is 6.89. The van der Waals surface area contributed by atoms with Crippen molar-refractivity contribution in [3.8, 4) is 5.75 Å². The van der Waals surface area contributed by atoms with Crippen molar-refractivity contribution in [3.05, 3.63) is 42.5 Å². The van der Waals surface area contributed by atoms with Crippen LogP contribution in [0, 0.1) is 0 Å². The van der Waals surface area contributed by atoms with E-state index in [2.05, 4.69) is 29.7 Å². The monoisotopic (exact) mass is 319 g/mol. The summed E-state index contributed by atoms with van der Waals surface area (Å²) >= 11 is 0. The number of ether oxygens (including phenoxy) is 1. The van der Waals surface area contributed by atoms with Crippen LogP contribution >= 0.6 is 0 Å². The lowest BCUT2D eigenvalue weighted by Crippen LogP contribution is -2.34. The van der Waals surface area contributed by atoms with Crippen LogP contribution in [0.5, 0.6) is 5.75 Å². The van der Waals surface area contributed by atoms with E-state index in [1.165, 1.54) is 6.33 Å². The lowest BCUT2D eigenvalue weighted by molar-refractivity contribution is 0.0106. The summed E-state index contributed by atoms with van der Waals surface area (Å²) in [5.74, 6) is 0.789. The predicted octanol–water partition coefficient (Wildman–Crippen LogP) is 2.90. The molecule has 0 fully saturated rings. The van der Waals surface area contributed by atoms with Gasteiger partial charge in [0.05, 0.1) is 13.7 Å². The van der Waals surface area contributed by atoms with Crippen molar-refractivity contribution < 1.29 is 9.84 Å². The summed E-state index contributed by atoms with van der Waals surface area (Å²) in [7, 11) is 0.392. The van der Waals surface area contributed by atoms with Gasteiger partial charge in [0, 0.05) is 8.07 Å². The average molecular weight is 319 g/mol. The molecule has 2 rings (SSSR count). The van der Waals surface area contributed by atoms with Crippen LogP contribution in [0.1, 0.15) is 12.0 Å². The molecule has 0 aliphatic carbocycles. The molecule has 1 atom stereocenters. The predicted molar refractivity (Wildman–Crippen MR) is 89.7 cm³/mol. The number of aromatic nitrogens is 3. The minimum atomic E-state index is -1.25. The fraction of sp³-hybridized carbons (Fsp3) is 0.500. The van der Waals surface area contributed by atoms with Crippen LogP contribution in [0.25, 0.3) is 0 Å². The number of rotatable bonds is 7. The third-order valence-electron chi connectivity index (χ3n) is 3.81. The molecule has 1 N–H and O–H groups in total. The Morgan fingerprint density at radius 1 is 1.23 bits per heavy atom. The number of hydrogen-bond donors (Lipinski definition) is 1. The largest absolute Gasteiger partial charge is 0.497 e. The number of methoxy groups -OCH3 is 1. The highest BCUT2D eigenvalue weighted by molar-refractivity contribution is 6.76. The maximum Gasteiger partial charge on any atom is 0.137 e. The van der Waals surface area contributed by atoms with Gasteiger partial charge in [-0.05, 0) is 24.1 Å². The molecule has 1 unspecified atom stereocenters. The molecule has 0 amide bonds. The van der Waals surface area contributed by atoms with Gasteiger partial charge in [0.15, 0.2) is 0 Å². The first kappa shape index (κ1) is 16.7. The number of hydrogen-bond acceptors (Lipinski definition) is 4. The average Bonchev–Trinajstić information content (AvgIpc) is 2.97.